The van der Waals surface area contributed by atoms with Gasteiger partial charge in [-0.05, 0) is 30.5 Å². The minimum atomic E-state index is 0. The van der Waals surface area contributed by atoms with Gasteiger partial charge in [0.1, 0.15) is 5.75 Å². The molecule has 6 heteroatoms. The molecule has 2 unspecified atom stereocenters. The summed E-state index contributed by atoms with van der Waals surface area (Å²) < 4.78 is 11.1. The molecule has 0 aromatic heterocycles. The normalized spacial score (nSPS) is 18.0. The van der Waals surface area contributed by atoms with Crippen LogP contribution in [0.3, 0.4) is 0 Å². The molecule has 1 fully saturated rings. The molecule has 0 radical (unpaired) electrons. The molecule has 5 nitrogen and oxygen atoms in total. The van der Waals surface area contributed by atoms with Crippen molar-refractivity contribution in [1.82, 2.24) is 10.6 Å². The van der Waals surface area contributed by atoms with Gasteiger partial charge in [-0.1, -0.05) is 42.5 Å². The lowest BCUT2D eigenvalue weighted by Crippen LogP contribution is -2.38. The number of aryl methyl sites for hydroxylation is 1. The molecule has 2 N–H and O–H groups in total. The smallest absolute Gasteiger partial charge is 0.191 e. The third kappa shape index (κ3) is 7.19. The second kappa shape index (κ2) is 12.0. The minimum Gasteiger partial charge on any atom is -0.493 e. The highest BCUT2D eigenvalue weighted by atomic mass is 127. The summed E-state index contributed by atoms with van der Waals surface area (Å²) in [5.74, 6) is 2.32. The number of ether oxygens (including phenoxy) is 2. The van der Waals surface area contributed by atoms with Crippen molar-refractivity contribution in [3.8, 4) is 5.75 Å². The number of benzene rings is 2. The van der Waals surface area contributed by atoms with Crippen molar-refractivity contribution in [2.75, 3.05) is 27.4 Å². The zero-order valence-corrected chi connectivity index (χ0v) is 19.8. The van der Waals surface area contributed by atoms with Crippen molar-refractivity contribution in [3.63, 3.8) is 0 Å². The number of hydrogen-bond acceptors (Lipinski definition) is 3. The third-order valence-electron chi connectivity index (χ3n) is 4.98. The molecule has 0 bridgehead atoms. The van der Waals surface area contributed by atoms with E-state index in [0.29, 0.717) is 31.7 Å². The zero-order valence-electron chi connectivity index (χ0n) is 17.5. The lowest BCUT2D eigenvalue weighted by Gasteiger charge is -2.15. The molecule has 2 atom stereocenters. The molecular weight excluding hydrogens is 477 g/mol. The van der Waals surface area contributed by atoms with E-state index in [9.17, 15) is 0 Å². The van der Waals surface area contributed by atoms with Gasteiger partial charge in [0.2, 0.25) is 0 Å². The molecule has 2 aromatic rings. The van der Waals surface area contributed by atoms with Crippen molar-refractivity contribution in [2.24, 2.45) is 4.99 Å². The van der Waals surface area contributed by atoms with Crippen LogP contribution >= 0.6 is 24.0 Å². The Balaban J connectivity index is 0.00000300. The average Bonchev–Trinajstić information content (AvgIpc) is 3.49. The van der Waals surface area contributed by atoms with E-state index in [1.807, 2.05) is 7.05 Å². The highest BCUT2D eigenvalue weighted by Crippen LogP contribution is 2.40. The van der Waals surface area contributed by atoms with E-state index in [2.05, 4.69) is 71.1 Å². The first kappa shape index (κ1) is 23.5. The number of methoxy groups -OCH3 is 1. The molecule has 2 aromatic carbocycles. The van der Waals surface area contributed by atoms with Crippen molar-refractivity contribution < 1.29 is 9.47 Å². The maximum absolute atomic E-state index is 5.97. The molecule has 1 aliphatic carbocycles. The number of nitrogens with one attached hydrogen (secondary N) is 2. The van der Waals surface area contributed by atoms with Crippen LogP contribution in [0.2, 0.25) is 0 Å². The summed E-state index contributed by atoms with van der Waals surface area (Å²) in [5, 5.41) is 6.96. The topological polar surface area (TPSA) is 54.9 Å². The Morgan fingerprint density at radius 3 is 2.66 bits per heavy atom. The van der Waals surface area contributed by atoms with Crippen LogP contribution in [-0.4, -0.2) is 39.4 Å². The largest absolute Gasteiger partial charge is 0.493 e. The summed E-state index contributed by atoms with van der Waals surface area (Å²) in [6.45, 7) is 4.11. The Morgan fingerprint density at radius 2 is 1.93 bits per heavy atom. The van der Waals surface area contributed by atoms with Crippen molar-refractivity contribution in [1.29, 1.82) is 0 Å². The van der Waals surface area contributed by atoms with Crippen molar-refractivity contribution >= 4 is 29.9 Å². The highest BCUT2D eigenvalue weighted by molar-refractivity contribution is 14.0. The van der Waals surface area contributed by atoms with Crippen LogP contribution in [0.25, 0.3) is 0 Å². The first-order valence-electron chi connectivity index (χ1n) is 9.94. The Hall–Kier alpha value is -1.80. The zero-order chi connectivity index (χ0) is 19.8. The summed E-state index contributed by atoms with van der Waals surface area (Å²) in [6, 6.07) is 17.4. The van der Waals surface area contributed by atoms with E-state index in [4.69, 9.17) is 9.47 Å². The lowest BCUT2D eigenvalue weighted by atomic mass is 10.1. The van der Waals surface area contributed by atoms with Gasteiger partial charge in [0, 0.05) is 51.3 Å². The SMILES string of the molecule is CN=C(NCc1ccc(C)cc1OCCCOC)NC1CC1c1ccccc1.I. The van der Waals surface area contributed by atoms with Gasteiger partial charge >= 0.3 is 0 Å². The number of halogens is 1. The predicted molar refractivity (Wildman–Crippen MR) is 130 cm³/mol. The van der Waals surface area contributed by atoms with E-state index in [1.165, 1.54) is 11.1 Å². The van der Waals surface area contributed by atoms with Crippen LogP contribution in [0.5, 0.6) is 5.75 Å². The maximum atomic E-state index is 5.97. The van der Waals surface area contributed by atoms with Crippen molar-refractivity contribution in [3.05, 3.63) is 65.2 Å². The second-order valence-corrected chi connectivity index (χ2v) is 7.24. The van der Waals surface area contributed by atoms with Gasteiger partial charge in [0.15, 0.2) is 5.96 Å². The van der Waals surface area contributed by atoms with Gasteiger partial charge in [-0.15, -0.1) is 24.0 Å². The predicted octanol–water partition coefficient (Wildman–Crippen LogP) is 4.25. The lowest BCUT2D eigenvalue weighted by molar-refractivity contribution is 0.172. The quantitative estimate of drug-likeness (QED) is 0.230. The molecule has 0 saturated heterocycles. The average molecular weight is 509 g/mol. The molecule has 0 heterocycles. The van der Waals surface area contributed by atoms with Crippen LogP contribution in [-0.2, 0) is 11.3 Å². The van der Waals surface area contributed by atoms with Gasteiger partial charge in [0.25, 0.3) is 0 Å². The molecule has 29 heavy (non-hydrogen) atoms. The molecule has 158 valence electrons. The van der Waals surface area contributed by atoms with Crippen LogP contribution in [0, 0.1) is 6.92 Å². The van der Waals surface area contributed by atoms with E-state index in [0.717, 1.165) is 30.1 Å². The monoisotopic (exact) mass is 509 g/mol. The Kier molecular flexibility index (Phi) is 9.73. The summed E-state index contributed by atoms with van der Waals surface area (Å²) >= 11 is 0. The fraction of sp³-hybridized carbons (Fsp3) is 0.435. The molecule has 1 aliphatic rings. The van der Waals surface area contributed by atoms with Crippen LogP contribution in [0.4, 0.5) is 0 Å². The Morgan fingerprint density at radius 1 is 1.14 bits per heavy atom. The molecular formula is C23H32IN3O2. The molecule has 0 spiro atoms. The number of aliphatic imine (C=N–C) groups is 1. The number of guanidine groups is 1. The van der Waals surface area contributed by atoms with E-state index >= 15 is 0 Å². The minimum absolute atomic E-state index is 0. The van der Waals surface area contributed by atoms with E-state index in [1.54, 1.807) is 7.11 Å². The summed E-state index contributed by atoms with van der Waals surface area (Å²) in [4.78, 5) is 4.38. The second-order valence-electron chi connectivity index (χ2n) is 7.24. The molecule has 3 rings (SSSR count). The summed E-state index contributed by atoms with van der Waals surface area (Å²) in [5.41, 5.74) is 3.71. The van der Waals surface area contributed by atoms with E-state index < -0.39 is 0 Å². The van der Waals surface area contributed by atoms with E-state index in [-0.39, 0.29) is 24.0 Å². The van der Waals surface area contributed by atoms with Gasteiger partial charge in [-0.2, -0.15) is 0 Å². The van der Waals surface area contributed by atoms with Gasteiger partial charge in [0.05, 0.1) is 6.61 Å². The maximum Gasteiger partial charge on any atom is 0.191 e. The van der Waals surface area contributed by atoms with Crippen molar-refractivity contribution in [2.45, 2.75) is 38.3 Å². The Labute approximate surface area is 191 Å². The van der Waals surface area contributed by atoms with Gasteiger partial charge in [-0.25, -0.2) is 0 Å². The number of nitrogens with zero attached hydrogens (tertiary/aromatic N) is 1. The van der Waals surface area contributed by atoms with Crippen LogP contribution < -0.4 is 15.4 Å². The number of hydrogen-bond donors (Lipinski definition) is 2. The van der Waals surface area contributed by atoms with Crippen LogP contribution in [0.1, 0.15) is 35.4 Å². The molecule has 0 aliphatic heterocycles. The fourth-order valence-corrected chi connectivity index (χ4v) is 3.30. The fourth-order valence-electron chi connectivity index (χ4n) is 3.30. The van der Waals surface area contributed by atoms with Gasteiger partial charge < -0.3 is 20.1 Å². The standard InChI is InChI=1S/C23H31N3O2.HI/c1-17-10-11-19(22(14-17)28-13-7-12-27-3)16-25-23(24-2)26-21-15-20(21)18-8-5-4-6-9-18;/h4-6,8-11,14,20-21H,7,12-13,15-16H2,1-3H3,(H2,24,25,26);1H. The molecule has 1 saturated carbocycles. The summed E-state index contributed by atoms with van der Waals surface area (Å²) in [6.07, 6.45) is 2.02. The highest BCUT2D eigenvalue weighted by Gasteiger charge is 2.38. The number of rotatable bonds is 9. The first-order chi connectivity index (χ1) is 13.7. The third-order valence-corrected chi connectivity index (χ3v) is 4.98. The molecule has 0 amide bonds. The Bertz CT molecular complexity index is 783. The van der Waals surface area contributed by atoms with Gasteiger partial charge in [-0.3, -0.25) is 4.99 Å². The van der Waals surface area contributed by atoms with Crippen LogP contribution in [0.15, 0.2) is 53.5 Å². The first-order valence-corrected chi connectivity index (χ1v) is 9.94. The summed E-state index contributed by atoms with van der Waals surface area (Å²) in [7, 11) is 3.52.